The van der Waals surface area contributed by atoms with Crippen LogP contribution in [0.4, 0.5) is 0 Å². The van der Waals surface area contributed by atoms with E-state index in [9.17, 15) is 13.2 Å². The Balaban J connectivity index is 0.00000243. The quantitative estimate of drug-likeness (QED) is 0.822. The number of carbonyl (C=O) groups is 1. The first-order valence-corrected chi connectivity index (χ1v) is 9.54. The summed E-state index contributed by atoms with van der Waals surface area (Å²) >= 11 is 0. The van der Waals surface area contributed by atoms with Gasteiger partial charge in [0.2, 0.25) is 10.0 Å². The van der Waals surface area contributed by atoms with Crippen molar-refractivity contribution in [2.75, 3.05) is 20.1 Å². The Morgan fingerprint density at radius 1 is 1.08 bits per heavy atom. The minimum atomic E-state index is -3.51. The van der Waals surface area contributed by atoms with Crippen LogP contribution in [0.3, 0.4) is 0 Å². The highest BCUT2D eigenvalue weighted by Gasteiger charge is 2.34. The summed E-state index contributed by atoms with van der Waals surface area (Å²) in [6, 6.07) is 15.8. The minimum absolute atomic E-state index is 0. The van der Waals surface area contributed by atoms with Gasteiger partial charge in [-0.25, -0.2) is 13.1 Å². The topological polar surface area (TPSA) is 92.5 Å². The Kier molecular flexibility index (Phi) is 6.41. The molecule has 3 rings (SSSR count). The van der Waals surface area contributed by atoms with Crippen LogP contribution in [0.25, 0.3) is 0 Å². The van der Waals surface area contributed by atoms with Crippen LogP contribution in [0, 0.1) is 0 Å². The molecule has 26 heavy (non-hydrogen) atoms. The smallest absolute Gasteiger partial charge is 0.253 e. The van der Waals surface area contributed by atoms with Gasteiger partial charge in [0.05, 0.1) is 4.90 Å². The summed E-state index contributed by atoms with van der Waals surface area (Å²) in [6.07, 6.45) is 0. The molecule has 2 aromatic rings. The lowest BCUT2D eigenvalue weighted by atomic mass is 9.95. The molecule has 6 nitrogen and oxygen atoms in total. The van der Waals surface area contributed by atoms with Crippen LogP contribution in [0.2, 0.25) is 0 Å². The number of nitrogens with one attached hydrogen (secondary N) is 1. The van der Waals surface area contributed by atoms with Crippen molar-refractivity contribution in [3.63, 3.8) is 0 Å². The molecule has 0 aliphatic carbocycles. The fourth-order valence-electron chi connectivity index (χ4n) is 3.12. The highest BCUT2D eigenvalue weighted by atomic mass is 35.5. The van der Waals surface area contributed by atoms with Gasteiger partial charge in [-0.05, 0) is 36.9 Å². The van der Waals surface area contributed by atoms with Gasteiger partial charge >= 0.3 is 0 Å². The van der Waals surface area contributed by atoms with E-state index < -0.39 is 10.0 Å². The fraction of sp³-hybridized carbons (Fsp3) is 0.278. The van der Waals surface area contributed by atoms with Gasteiger partial charge in [0.25, 0.3) is 5.91 Å². The third kappa shape index (κ3) is 4.07. The summed E-state index contributed by atoms with van der Waals surface area (Å²) in [4.78, 5) is 14.6. The molecule has 1 saturated heterocycles. The predicted octanol–water partition coefficient (Wildman–Crippen LogP) is 1.58. The SMILES string of the molecule is CNS(=O)(=O)c1ccc(C(=O)N2C[C@@H](N)[C@H](c3ccccc3)C2)cc1.Cl. The number of halogens is 1. The van der Waals surface area contributed by atoms with Gasteiger partial charge in [0, 0.05) is 30.6 Å². The summed E-state index contributed by atoms with van der Waals surface area (Å²) in [5.41, 5.74) is 7.82. The maximum absolute atomic E-state index is 12.7. The van der Waals surface area contributed by atoms with Crippen LogP contribution < -0.4 is 10.5 Å². The summed E-state index contributed by atoms with van der Waals surface area (Å²) < 4.78 is 25.8. The number of hydrogen-bond acceptors (Lipinski definition) is 4. The lowest BCUT2D eigenvalue weighted by molar-refractivity contribution is 0.0789. The third-order valence-corrected chi connectivity index (χ3v) is 5.99. The normalized spacial score (nSPS) is 19.8. The van der Waals surface area contributed by atoms with Gasteiger partial charge in [0.15, 0.2) is 0 Å². The highest BCUT2D eigenvalue weighted by Crippen LogP contribution is 2.27. The van der Waals surface area contributed by atoms with Gasteiger partial charge in [-0.1, -0.05) is 30.3 Å². The number of nitrogens with zero attached hydrogens (tertiary/aromatic N) is 1. The van der Waals surface area contributed by atoms with E-state index in [0.29, 0.717) is 18.7 Å². The molecule has 0 bridgehead atoms. The third-order valence-electron chi connectivity index (χ3n) is 4.56. The molecule has 0 aromatic heterocycles. The zero-order valence-corrected chi connectivity index (χ0v) is 16.0. The maximum atomic E-state index is 12.7. The standard InChI is InChI=1S/C18H21N3O3S.ClH/c1-20-25(23,24)15-9-7-14(8-10-15)18(22)21-11-16(17(19)12-21)13-5-3-2-4-6-13;/h2-10,16-17,20H,11-12,19H2,1H3;1H/t16-,17+;/m0./s1. The molecule has 0 spiro atoms. The molecule has 0 unspecified atom stereocenters. The van der Waals surface area contributed by atoms with Crippen LogP contribution in [-0.4, -0.2) is 45.4 Å². The number of amides is 1. The van der Waals surface area contributed by atoms with Gasteiger partial charge < -0.3 is 10.6 Å². The molecular formula is C18H22ClN3O3S. The van der Waals surface area contributed by atoms with Crippen LogP contribution >= 0.6 is 12.4 Å². The Labute approximate surface area is 159 Å². The van der Waals surface area contributed by atoms with E-state index >= 15 is 0 Å². The van der Waals surface area contributed by atoms with Crippen LogP contribution in [0.1, 0.15) is 21.8 Å². The molecule has 140 valence electrons. The number of rotatable bonds is 4. The van der Waals surface area contributed by atoms with E-state index in [1.807, 2.05) is 30.3 Å². The lowest BCUT2D eigenvalue weighted by Crippen LogP contribution is -2.32. The second-order valence-corrected chi connectivity index (χ2v) is 8.01. The average Bonchev–Trinajstić information content (AvgIpc) is 3.03. The predicted molar refractivity (Wildman–Crippen MR) is 103 cm³/mol. The summed E-state index contributed by atoms with van der Waals surface area (Å²) in [5.74, 6) is -0.0311. The molecule has 8 heteroatoms. The largest absolute Gasteiger partial charge is 0.336 e. The Hall–Kier alpha value is -1.93. The van der Waals surface area contributed by atoms with Crippen LogP contribution in [0.15, 0.2) is 59.5 Å². The number of carbonyl (C=O) groups excluding carboxylic acids is 1. The highest BCUT2D eigenvalue weighted by molar-refractivity contribution is 7.89. The zero-order chi connectivity index (χ0) is 18.0. The zero-order valence-electron chi connectivity index (χ0n) is 14.3. The molecule has 1 aliphatic rings. The molecular weight excluding hydrogens is 374 g/mol. The first-order chi connectivity index (χ1) is 11.9. The van der Waals surface area contributed by atoms with E-state index in [2.05, 4.69) is 4.72 Å². The molecule has 2 atom stereocenters. The number of sulfonamides is 1. The van der Waals surface area contributed by atoms with E-state index in [4.69, 9.17) is 5.73 Å². The molecule has 1 heterocycles. The minimum Gasteiger partial charge on any atom is -0.336 e. The van der Waals surface area contributed by atoms with Gasteiger partial charge in [-0.3, -0.25) is 4.79 Å². The Morgan fingerprint density at radius 3 is 2.27 bits per heavy atom. The van der Waals surface area contributed by atoms with Crippen molar-refractivity contribution in [2.45, 2.75) is 16.9 Å². The van der Waals surface area contributed by atoms with Gasteiger partial charge in [0.1, 0.15) is 0 Å². The monoisotopic (exact) mass is 395 g/mol. The van der Waals surface area contributed by atoms with Crippen molar-refractivity contribution in [2.24, 2.45) is 5.73 Å². The van der Waals surface area contributed by atoms with Crippen molar-refractivity contribution in [1.82, 2.24) is 9.62 Å². The molecule has 1 aliphatic heterocycles. The van der Waals surface area contributed by atoms with E-state index in [1.54, 1.807) is 4.90 Å². The van der Waals surface area contributed by atoms with Gasteiger partial charge in [-0.2, -0.15) is 0 Å². The maximum Gasteiger partial charge on any atom is 0.253 e. The second kappa shape index (κ2) is 8.18. The first kappa shape index (κ1) is 20.4. The van der Waals surface area contributed by atoms with Gasteiger partial charge in [-0.15, -0.1) is 12.4 Å². The van der Waals surface area contributed by atoms with Crippen LogP contribution in [0.5, 0.6) is 0 Å². The number of likely N-dealkylation sites (tertiary alicyclic amines) is 1. The fourth-order valence-corrected chi connectivity index (χ4v) is 3.85. The first-order valence-electron chi connectivity index (χ1n) is 8.06. The summed E-state index contributed by atoms with van der Waals surface area (Å²) in [6.45, 7) is 1.04. The summed E-state index contributed by atoms with van der Waals surface area (Å²) in [7, 11) is -2.16. The Bertz CT molecular complexity index is 857. The molecule has 0 saturated carbocycles. The summed E-state index contributed by atoms with van der Waals surface area (Å²) in [5, 5.41) is 0. The number of benzene rings is 2. The molecule has 0 radical (unpaired) electrons. The second-order valence-electron chi connectivity index (χ2n) is 6.12. The van der Waals surface area contributed by atoms with Crippen molar-refractivity contribution in [1.29, 1.82) is 0 Å². The van der Waals surface area contributed by atoms with E-state index in [0.717, 1.165) is 5.56 Å². The number of nitrogens with two attached hydrogens (primary N) is 1. The van der Waals surface area contributed by atoms with E-state index in [-0.39, 0.29) is 35.2 Å². The average molecular weight is 396 g/mol. The van der Waals surface area contributed by atoms with Crippen LogP contribution in [-0.2, 0) is 10.0 Å². The number of hydrogen-bond donors (Lipinski definition) is 2. The lowest BCUT2D eigenvalue weighted by Gasteiger charge is -2.17. The van der Waals surface area contributed by atoms with Crippen molar-refractivity contribution in [3.8, 4) is 0 Å². The molecule has 1 amide bonds. The molecule has 2 aromatic carbocycles. The Morgan fingerprint density at radius 2 is 1.69 bits per heavy atom. The van der Waals surface area contributed by atoms with E-state index in [1.165, 1.54) is 31.3 Å². The molecule has 3 N–H and O–H groups in total. The molecule has 1 fully saturated rings. The van der Waals surface area contributed by atoms with Crippen molar-refractivity contribution in [3.05, 3.63) is 65.7 Å². The van der Waals surface area contributed by atoms with Crippen molar-refractivity contribution >= 4 is 28.3 Å². The van der Waals surface area contributed by atoms with Crippen molar-refractivity contribution < 1.29 is 13.2 Å².